The number of carbonyl (C=O) groups excluding carboxylic acids is 1. The summed E-state index contributed by atoms with van der Waals surface area (Å²) in [6.45, 7) is -0.0970. The van der Waals surface area contributed by atoms with Crippen LogP contribution in [0, 0.1) is 11.3 Å². The van der Waals surface area contributed by atoms with Crippen molar-refractivity contribution in [2.75, 3.05) is 7.11 Å². The van der Waals surface area contributed by atoms with Gasteiger partial charge in [-0.05, 0) is 41.5 Å². The average molecular weight is 376 g/mol. The highest BCUT2D eigenvalue weighted by Crippen LogP contribution is 2.31. The van der Waals surface area contributed by atoms with Gasteiger partial charge in [-0.15, -0.1) is 0 Å². The Morgan fingerprint density at radius 3 is 2.56 bits per heavy atom. The maximum Gasteiger partial charge on any atom is 0.416 e. The fourth-order valence-electron chi connectivity index (χ4n) is 2.22. The third-order valence-electron chi connectivity index (χ3n) is 3.53. The predicted octanol–water partition coefficient (Wildman–Crippen LogP) is 3.69. The second-order valence-corrected chi connectivity index (χ2v) is 5.43. The molecule has 0 aliphatic heterocycles. The van der Waals surface area contributed by atoms with Crippen molar-refractivity contribution < 1.29 is 27.4 Å². The second-order valence-electron chi connectivity index (χ2n) is 5.43. The molecule has 0 saturated heterocycles. The quantitative estimate of drug-likeness (QED) is 0.616. The molecule has 1 amide bonds. The summed E-state index contributed by atoms with van der Waals surface area (Å²) in [4.78, 5) is 11.1. The van der Waals surface area contributed by atoms with E-state index in [9.17, 15) is 18.0 Å². The standard InChI is InChI=1S/C19H15F3N2O3/c1-26-17-9-12(7-14(10-23)18(24)25)5-6-16(17)27-11-13-3-2-4-15(8-13)19(20,21)22/h2-9H,11H2,1H3,(H2,24,25)/b14-7-. The number of benzene rings is 2. The van der Waals surface area contributed by atoms with E-state index in [1.54, 1.807) is 12.1 Å². The molecule has 2 aromatic rings. The smallest absolute Gasteiger partial charge is 0.416 e. The van der Waals surface area contributed by atoms with Gasteiger partial charge in [0.25, 0.3) is 5.91 Å². The van der Waals surface area contributed by atoms with Crippen LogP contribution in [0.2, 0.25) is 0 Å². The summed E-state index contributed by atoms with van der Waals surface area (Å²) >= 11 is 0. The molecule has 0 saturated carbocycles. The summed E-state index contributed by atoms with van der Waals surface area (Å²) in [6, 6.07) is 11.1. The SMILES string of the molecule is COc1cc(/C=C(/C#N)C(N)=O)ccc1OCc1cccc(C(F)(F)F)c1. The number of rotatable bonds is 6. The van der Waals surface area contributed by atoms with Crippen LogP contribution in [-0.2, 0) is 17.6 Å². The van der Waals surface area contributed by atoms with Crippen LogP contribution in [0.5, 0.6) is 11.5 Å². The molecule has 0 bridgehead atoms. The molecule has 0 aliphatic rings. The van der Waals surface area contributed by atoms with Gasteiger partial charge in [-0.25, -0.2) is 0 Å². The number of hydrogen-bond acceptors (Lipinski definition) is 4. The number of nitrogens with two attached hydrogens (primary N) is 1. The van der Waals surface area contributed by atoms with E-state index in [0.29, 0.717) is 16.9 Å². The summed E-state index contributed by atoms with van der Waals surface area (Å²) < 4.78 is 49.0. The van der Waals surface area contributed by atoms with Crippen molar-refractivity contribution in [3.8, 4) is 17.6 Å². The Morgan fingerprint density at radius 1 is 1.22 bits per heavy atom. The summed E-state index contributed by atoms with van der Waals surface area (Å²) in [6.07, 6.45) is -3.14. The van der Waals surface area contributed by atoms with E-state index in [1.807, 2.05) is 0 Å². The number of carbonyl (C=O) groups is 1. The van der Waals surface area contributed by atoms with Crippen LogP contribution >= 0.6 is 0 Å². The Bertz CT molecular complexity index is 915. The minimum absolute atomic E-state index is 0.0970. The first-order chi connectivity index (χ1) is 12.7. The summed E-state index contributed by atoms with van der Waals surface area (Å²) in [5.74, 6) is -0.275. The van der Waals surface area contributed by atoms with Crippen molar-refractivity contribution in [1.82, 2.24) is 0 Å². The fourth-order valence-corrected chi connectivity index (χ4v) is 2.22. The first-order valence-corrected chi connectivity index (χ1v) is 7.63. The van der Waals surface area contributed by atoms with Crippen LogP contribution in [0.15, 0.2) is 48.0 Å². The van der Waals surface area contributed by atoms with Crippen LogP contribution in [0.1, 0.15) is 16.7 Å². The van der Waals surface area contributed by atoms with Crippen LogP contribution < -0.4 is 15.2 Å². The molecule has 0 heterocycles. The molecule has 0 aliphatic carbocycles. The Balaban J connectivity index is 2.21. The van der Waals surface area contributed by atoms with Gasteiger partial charge in [0, 0.05) is 0 Å². The summed E-state index contributed by atoms with van der Waals surface area (Å²) in [5.41, 5.74) is 4.92. The zero-order valence-corrected chi connectivity index (χ0v) is 14.2. The molecule has 2 aromatic carbocycles. The van der Waals surface area contributed by atoms with Gasteiger partial charge < -0.3 is 15.2 Å². The van der Waals surface area contributed by atoms with E-state index in [4.69, 9.17) is 20.5 Å². The fraction of sp³-hybridized carbons (Fsp3) is 0.158. The first kappa shape index (κ1) is 19.8. The zero-order chi connectivity index (χ0) is 20.0. The van der Waals surface area contributed by atoms with E-state index < -0.39 is 17.6 Å². The van der Waals surface area contributed by atoms with Gasteiger partial charge in [-0.1, -0.05) is 18.2 Å². The van der Waals surface area contributed by atoms with Gasteiger partial charge in [0.2, 0.25) is 0 Å². The number of hydrogen-bond donors (Lipinski definition) is 1. The molecule has 8 heteroatoms. The number of amides is 1. The number of halogens is 3. The van der Waals surface area contributed by atoms with Crippen molar-refractivity contribution in [3.05, 3.63) is 64.7 Å². The van der Waals surface area contributed by atoms with Gasteiger partial charge in [-0.2, -0.15) is 18.4 Å². The van der Waals surface area contributed by atoms with Crippen molar-refractivity contribution in [2.45, 2.75) is 12.8 Å². The lowest BCUT2D eigenvalue weighted by Gasteiger charge is -2.13. The molecule has 0 spiro atoms. The molecule has 0 unspecified atom stereocenters. The molecule has 0 radical (unpaired) electrons. The highest BCUT2D eigenvalue weighted by Gasteiger charge is 2.30. The maximum atomic E-state index is 12.8. The number of methoxy groups -OCH3 is 1. The lowest BCUT2D eigenvalue weighted by molar-refractivity contribution is -0.137. The highest BCUT2D eigenvalue weighted by atomic mass is 19.4. The molecular formula is C19H15F3N2O3. The Kier molecular flexibility index (Phi) is 6.08. The predicted molar refractivity (Wildman–Crippen MR) is 91.6 cm³/mol. The van der Waals surface area contributed by atoms with Gasteiger partial charge in [-0.3, -0.25) is 4.79 Å². The molecule has 2 N–H and O–H groups in total. The first-order valence-electron chi connectivity index (χ1n) is 7.63. The molecule has 0 atom stereocenters. The lowest BCUT2D eigenvalue weighted by Crippen LogP contribution is -2.12. The van der Waals surface area contributed by atoms with Crippen molar-refractivity contribution >= 4 is 12.0 Å². The molecule has 27 heavy (non-hydrogen) atoms. The second kappa shape index (κ2) is 8.27. The van der Waals surface area contributed by atoms with E-state index in [1.165, 1.54) is 37.5 Å². The topological polar surface area (TPSA) is 85.3 Å². The van der Waals surface area contributed by atoms with Gasteiger partial charge in [0.15, 0.2) is 11.5 Å². The lowest BCUT2D eigenvalue weighted by atomic mass is 10.1. The van der Waals surface area contributed by atoms with Crippen LogP contribution in [0.25, 0.3) is 6.08 Å². The Morgan fingerprint density at radius 2 is 1.96 bits per heavy atom. The minimum atomic E-state index is -4.43. The van der Waals surface area contributed by atoms with Crippen LogP contribution in [0.4, 0.5) is 13.2 Å². The van der Waals surface area contributed by atoms with E-state index >= 15 is 0 Å². The third kappa shape index (κ3) is 5.25. The number of primary amides is 1. The maximum absolute atomic E-state index is 12.8. The van der Waals surface area contributed by atoms with Crippen molar-refractivity contribution in [1.29, 1.82) is 5.26 Å². The molecular weight excluding hydrogens is 361 g/mol. The molecule has 140 valence electrons. The Hall–Kier alpha value is -3.47. The zero-order valence-electron chi connectivity index (χ0n) is 14.2. The summed E-state index contributed by atoms with van der Waals surface area (Å²) in [5, 5.41) is 8.87. The minimum Gasteiger partial charge on any atom is -0.493 e. The van der Waals surface area contributed by atoms with Crippen molar-refractivity contribution in [3.63, 3.8) is 0 Å². The average Bonchev–Trinajstić information content (AvgIpc) is 2.64. The van der Waals surface area contributed by atoms with Gasteiger partial charge in [0.1, 0.15) is 18.2 Å². The number of nitriles is 1. The van der Waals surface area contributed by atoms with Crippen molar-refractivity contribution in [2.24, 2.45) is 5.73 Å². The third-order valence-corrected chi connectivity index (χ3v) is 3.53. The van der Waals surface area contributed by atoms with E-state index in [2.05, 4.69) is 0 Å². The monoisotopic (exact) mass is 376 g/mol. The van der Waals surface area contributed by atoms with Gasteiger partial charge in [0.05, 0.1) is 12.7 Å². The highest BCUT2D eigenvalue weighted by molar-refractivity contribution is 6.00. The largest absolute Gasteiger partial charge is 0.493 e. The molecule has 0 fully saturated rings. The van der Waals surface area contributed by atoms with Crippen LogP contribution in [-0.4, -0.2) is 13.0 Å². The summed E-state index contributed by atoms with van der Waals surface area (Å²) in [7, 11) is 1.39. The molecule has 5 nitrogen and oxygen atoms in total. The number of ether oxygens (including phenoxy) is 2. The van der Waals surface area contributed by atoms with Gasteiger partial charge >= 0.3 is 6.18 Å². The van der Waals surface area contributed by atoms with E-state index in [0.717, 1.165) is 12.1 Å². The normalized spacial score (nSPS) is 11.6. The molecule has 2 rings (SSSR count). The number of alkyl halides is 3. The van der Waals surface area contributed by atoms with E-state index in [-0.39, 0.29) is 17.9 Å². The van der Waals surface area contributed by atoms with Crippen LogP contribution in [0.3, 0.4) is 0 Å². The number of nitrogens with zero attached hydrogens (tertiary/aromatic N) is 1. The Labute approximate surface area is 153 Å². The molecule has 0 aromatic heterocycles.